The molecule has 17 heavy (non-hydrogen) atoms. The van der Waals surface area contributed by atoms with E-state index in [2.05, 4.69) is 17.1 Å². The Labute approximate surface area is 98.4 Å². The highest BCUT2D eigenvalue weighted by atomic mass is 16.1. The first kappa shape index (κ1) is 9.96. The van der Waals surface area contributed by atoms with Gasteiger partial charge in [-0.1, -0.05) is 12.1 Å². The topological polar surface area (TPSA) is 63.8 Å². The molecule has 0 bridgehead atoms. The minimum atomic E-state index is -0.277. The number of hydrogen-bond acceptors (Lipinski definition) is 1. The predicted molar refractivity (Wildman–Crippen MR) is 66.7 cm³/mol. The molecule has 0 atom stereocenters. The smallest absolute Gasteiger partial charge is 0.219 e. The van der Waals surface area contributed by atoms with Crippen molar-refractivity contribution in [2.24, 2.45) is 5.73 Å². The Hall–Kier alpha value is -2.23. The number of nitrogens with two attached hydrogens (primary N) is 1. The number of H-pyrrole nitrogens is 1. The molecule has 1 aromatic rings. The van der Waals surface area contributed by atoms with Gasteiger partial charge in [-0.15, -0.1) is 0 Å². The summed E-state index contributed by atoms with van der Waals surface area (Å²) < 4.78 is 2.02. The molecule has 4 nitrogen and oxygen atoms in total. The van der Waals surface area contributed by atoms with E-state index in [1.54, 1.807) is 0 Å². The normalized spacial score (nSPS) is 11.3. The van der Waals surface area contributed by atoms with Crippen LogP contribution in [-0.2, 0) is 11.3 Å². The fourth-order valence-corrected chi connectivity index (χ4v) is 2.14. The van der Waals surface area contributed by atoms with Gasteiger partial charge in [0.05, 0.1) is 0 Å². The zero-order chi connectivity index (χ0) is 11.8. The summed E-state index contributed by atoms with van der Waals surface area (Å²) in [5.74, 6) is -0.277. The maximum atomic E-state index is 10.8. The summed E-state index contributed by atoms with van der Waals surface area (Å²) in [5, 5.41) is 1.15. The molecule has 3 N–H and O–H groups in total. The SMILES string of the molecule is NC(=O)CCn1ccc2cc3cccc-3[nH]c21. The monoisotopic (exact) mass is 227 g/mol. The second kappa shape index (κ2) is 3.66. The van der Waals surface area contributed by atoms with Crippen LogP contribution in [-0.4, -0.2) is 15.5 Å². The van der Waals surface area contributed by atoms with Gasteiger partial charge in [-0.3, -0.25) is 4.79 Å². The molecule has 3 rings (SSSR count). The Bertz CT molecular complexity index is 650. The summed E-state index contributed by atoms with van der Waals surface area (Å²) in [6.45, 7) is 0.613. The van der Waals surface area contributed by atoms with Gasteiger partial charge in [0, 0.05) is 30.2 Å². The first-order valence-corrected chi connectivity index (χ1v) is 5.59. The minimum absolute atomic E-state index is 0.277. The Morgan fingerprint density at radius 1 is 1.35 bits per heavy atom. The van der Waals surface area contributed by atoms with Crippen molar-refractivity contribution in [1.82, 2.24) is 9.55 Å². The molecule has 1 aromatic heterocycles. The number of hydrogen-bond donors (Lipinski definition) is 2. The summed E-state index contributed by atoms with van der Waals surface area (Å²) in [6, 6.07) is 10.3. The summed E-state index contributed by atoms with van der Waals surface area (Å²) in [7, 11) is 0. The van der Waals surface area contributed by atoms with Gasteiger partial charge >= 0.3 is 0 Å². The third-order valence-corrected chi connectivity index (χ3v) is 3.01. The average molecular weight is 227 g/mol. The quantitative estimate of drug-likeness (QED) is 0.705. The molecule has 0 saturated heterocycles. The van der Waals surface area contributed by atoms with E-state index in [1.165, 1.54) is 5.56 Å². The van der Waals surface area contributed by atoms with Crippen molar-refractivity contribution < 1.29 is 4.79 Å². The highest BCUT2D eigenvalue weighted by Gasteiger charge is 2.08. The van der Waals surface area contributed by atoms with E-state index < -0.39 is 0 Å². The number of aryl methyl sites for hydroxylation is 1. The maximum Gasteiger partial charge on any atom is 0.219 e. The predicted octanol–water partition coefficient (Wildman–Crippen LogP) is 1.95. The highest BCUT2D eigenvalue weighted by molar-refractivity contribution is 5.84. The van der Waals surface area contributed by atoms with Gasteiger partial charge in [-0.25, -0.2) is 0 Å². The second-order valence-corrected chi connectivity index (χ2v) is 4.19. The van der Waals surface area contributed by atoms with Gasteiger partial charge in [0.2, 0.25) is 5.91 Å². The van der Waals surface area contributed by atoms with Crippen molar-refractivity contribution in [3.63, 3.8) is 0 Å². The molecular formula is C13H13N3O. The van der Waals surface area contributed by atoms with Crippen LogP contribution in [0.2, 0.25) is 0 Å². The lowest BCUT2D eigenvalue weighted by Crippen LogP contribution is -2.13. The first-order valence-electron chi connectivity index (χ1n) is 5.59. The molecule has 0 aromatic carbocycles. The Morgan fingerprint density at radius 2 is 2.24 bits per heavy atom. The third kappa shape index (κ3) is 1.67. The first-order chi connectivity index (χ1) is 8.24. The number of carbonyl (C=O) groups excluding carboxylic acids is 1. The van der Waals surface area contributed by atoms with Crippen molar-refractivity contribution >= 4 is 16.9 Å². The second-order valence-electron chi connectivity index (χ2n) is 4.19. The number of primary amides is 1. The fraction of sp³-hybridized carbons (Fsp3) is 0.154. The number of carbonyl (C=O) groups is 1. The molecule has 1 amide bonds. The summed E-state index contributed by atoms with van der Waals surface area (Å²) >= 11 is 0. The Morgan fingerprint density at radius 3 is 3.06 bits per heavy atom. The largest absolute Gasteiger partial charge is 0.370 e. The Kier molecular flexibility index (Phi) is 2.14. The van der Waals surface area contributed by atoms with Crippen LogP contribution in [0, 0.1) is 0 Å². The molecule has 4 heteroatoms. The van der Waals surface area contributed by atoms with Crippen LogP contribution in [0.5, 0.6) is 0 Å². The molecule has 0 radical (unpaired) electrons. The molecule has 0 spiro atoms. The van der Waals surface area contributed by atoms with Crippen molar-refractivity contribution in [3.05, 3.63) is 36.5 Å². The van der Waals surface area contributed by atoms with Gasteiger partial charge < -0.3 is 15.3 Å². The van der Waals surface area contributed by atoms with Crippen LogP contribution in [0.3, 0.4) is 0 Å². The van der Waals surface area contributed by atoms with E-state index in [0.29, 0.717) is 13.0 Å². The number of pyridine rings is 1. The number of amides is 1. The zero-order valence-electron chi connectivity index (χ0n) is 9.31. The number of aromatic amines is 1. The van der Waals surface area contributed by atoms with E-state index in [0.717, 1.165) is 16.7 Å². The number of fused-ring (bicyclic) bond motifs is 2. The lowest BCUT2D eigenvalue weighted by atomic mass is 10.2. The van der Waals surface area contributed by atoms with Crippen LogP contribution in [0.4, 0.5) is 0 Å². The van der Waals surface area contributed by atoms with E-state index >= 15 is 0 Å². The fourth-order valence-electron chi connectivity index (χ4n) is 2.14. The van der Waals surface area contributed by atoms with Gasteiger partial charge in [0.25, 0.3) is 0 Å². The molecule has 2 aliphatic rings. The van der Waals surface area contributed by atoms with Crippen LogP contribution in [0.1, 0.15) is 6.42 Å². The van der Waals surface area contributed by atoms with E-state index in [1.807, 2.05) is 29.0 Å². The number of nitrogens with one attached hydrogen (secondary N) is 1. The van der Waals surface area contributed by atoms with Crippen molar-refractivity contribution in [1.29, 1.82) is 0 Å². The van der Waals surface area contributed by atoms with Crippen LogP contribution in [0.25, 0.3) is 22.3 Å². The molecule has 2 heterocycles. The van der Waals surface area contributed by atoms with Crippen molar-refractivity contribution in [3.8, 4) is 11.3 Å². The van der Waals surface area contributed by atoms with Crippen LogP contribution < -0.4 is 5.73 Å². The van der Waals surface area contributed by atoms with E-state index in [4.69, 9.17) is 5.73 Å². The molecule has 0 fully saturated rings. The molecule has 1 aliphatic heterocycles. The molecule has 86 valence electrons. The van der Waals surface area contributed by atoms with Crippen molar-refractivity contribution in [2.45, 2.75) is 13.0 Å². The minimum Gasteiger partial charge on any atom is -0.370 e. The summed E-state index contributed by atoms with van der Waals surface area (Å²) in [5.41, 5.74) is 8.50. The maximum absolute atomic E-state index is 10.8. The van der Waals surface area contributed by atoms with Crippen LogP contribution in [0.15, 0.2) is 36.5 Å². The molecule has 0 saturated carbocycles. The van der Waals surface area contributed by atoms with Gasteiger partial charge in [0.15, 0.2) is 0 Å². The lowest BCUT2D eigenvalue weighted by molar-refractivity contribution is -0.118. The molecular weight excluding hydrogens is 214 g/mol. The van der Waals surface area contributed by atoms with Crippen LogP contribution >= 0.6 is 0 Å². The Balaban J connectivity index is 2.08. The van der Waals surface area contributed by atoms with E-state index in [-0.39, 0.29) is 5.91 Å². The molecule has 1 aliphatic carbocycles. The summed E-state index contributed by atoms with van der Waals surface area (Å²) in [4.78, 5) is 14.2. The van der Waals surface area contributed by atoms with Gasteiger partial charge in [-0.2, -0.15) is 0 Å². The number of aromatic nitrogens is 2. The standard InChI is InChI=1S/C13H13N3O/c14-12(17)5-7-16-6-4-10-8-9-2-1-3-11(9)15-13(10)16/h1-4,6,8,15H,5,7H2,(H2,14,17). The third-order valence-electron chi connectivity index (χ3n) is 3.01. The summed E-state index contributed by atoms with van der Waals surface area (Å²) in [6.07, 6.45) is 2.33. The molecule has 0 unspecified atom stereocenters. The average Bonchev–Trinajstić information content (AvgIpc) is 2.88. The van der Waals surface area contributed by atoms with Crippen molar-refractivity contribution in [2.75, 3.05) is 0 Å². The lowest BCUT2D eigenvalue weighted by Gasteiger charge is -2.06. The zero-order valence-corrected chi connectivity index (χ0v) is 9.31. The van der Waals surface area contributed by atoms with Gasteiger partial charge in [-0.05, 0) is 23.8 Å². The van der Waals surface area contributed by atoms with Gasteiger partial charge in [0.1, 0.15) is 5.65 Å². The van der Waals surface area contributed by atoms with E-state index in [9.17, 15) is 4.79 Å². The highest BCUT2D eigenvalue weighted by Crippen LogP contribution is 2.26. The number of nitrogens with zero attached hydrogens (tertiary/aromatic N) is 1. The number of rotatable bonds is 3.